The van der Waals surface area contributed by atoms with E-state index in [0.29, 0.717) is 12.6 Å². The first-order valence-electron chi connectivity index (χ1n) is 6.39. The summed E-state index contributed by atoms with van der Waals surface area (Å²) in [4.78, 5) is 7.04. The summed E-state index contributed by atoms with van der Waals surface area (Å²) < 4.78 is 5.90. The number of anilines is 1. The van der Waals surface area contributed by atoms with Crippen molar-refractivity contribution in [1.82, 2.24) is 9.97 Å². The number of nitrogen functional groups attached to an aromatic ring is 1. The molecule has 20 heavy (non-hydrogen) atoms. The number of para-hydroxylation sites is 1. The van der Waals surface area contributed by atoms with E-state index in [0.717, 1.165) is 22.6 Å². The zero-order chi connectivity index (χ0) is 13.8. The lowest BCUT2D eigenvalue weighted by molar-refractivity contribution is 0.307. The van der Waals surface area contributed by atoms with Crippen molar-refractivity contribution in [1.29, 1.82) is 0 Å². The quantitative estimate of drug-likeness (QED) is 0.761. The van der Waals surface area contributed by atoms with E-state index in [1.165, 1.54) is 0 Å². The van der Waals surface area contributed by atoms with E-state index in [2.05, 4.69) is 9.97 Å². The minimum Gasteiger partial charge on any atom is -0.488 e. The highest BCUT2D eigenvalue weighted by Gasteiger charge is 2.08. The molecule has 1 heterocycles. The van der Waals surface area contributed by atoms with Gasteiger partial charge in [-0.15, -0.1) is 0 Å². The highest BCUT2D eigenvalue weighted by molar-refractivity contribution is 5.67. The first-order valence-corrected chi connectivity index (χ1v) is 6.39. The van der Waals surface area contributed by atoms with Crippen LogP contribution < -0.4 is 10.5 Å². The molecule has 0 fully saturated rings. The second-order valence-corrected chi connectivity index (χ2v) is 4.45. The van der Waals surface area contributed by atoms with Crippen LogP contribution in [-0.4, -0.2) is 9.97 Å². The van der Waals surface area contributed by atoms with Gasteiger partial charge in [-0.05, 0) is 17.7 Å². The van der Waals surface area contributed by atoms with Crippen molar-refractivity contribution in [2.45, 2.75) is 6.61 Å². The SMILES string of the molecule is Nc1ncc(-c2ccccc2OCc2ccccc2)[nH]1. The lowest BCUT2D eigenvalue weighted by Crippen LogP contribution is -1.96. The number of benzene rings is 2. The van der Waals surface area contributed by atoms with Crippen LogP contribution in [0.15, 0.2) is 60.8 Å². The van der Waals surface area contributed by atoms with Crippen LogP contribution >= 0.6 is 0 Å². The van der Waals surface area contributed by atoms with Gasteiger partial charge in [-0.25, -0.2) is 4.98 Å². The molecule has 0 atom stereocenters. The largest absolute Gasteiger partial charge is 0.488 e. The highest BCUT2D eigenvalue weighted by atomic mass is 16.5. The first-order chi connectivity index (χ1) is 9.83. The number of aromatic amines is 1. The number of hydrogen-bond donors (Lipinski definition) is 2. The maximum absolute atomic E-state index is 5.90. The third-order valence-electron chi connectivity index (χ3n) is 3.01. The maximum Gasteiger partial charge on any atom is 0.197 e. The number of rotatable bonds is 4. The molecule has 0 saturated carbocycles. The topological polar surface area (TPSA) is 63.9 Å². The fourth-order valence-corrected chi connectivity index (χ4v) is 2.02. The Morgan fingerprint density at radius 1 is 1.00 bits per heavy atom. The average Bonchev–Trinajstić information content (AvgIpc) is 2.93. The van der Waals surface area contributed by atoms with E-state index in [1.807, 2.05) is 54.6 Å². The molecular weight excluding hydrogens is 250 g/mol. The molecule has 4 nitrogen and oxygen atoms in total. The number of nitrogens with two attached hydrogens (primary N) is 1. The van der Waals surface area contributed by atoms with Crippen LogP contribution in [0, 0.1) is 0 Å². The van der Waals surface area contributed by atoms with Crippen LogP contribution in [0.3, 0.4) is 0 Å². The second kappa shape index (κ2) is 5.48. The van der Waals surface area contributed by atoms with Crippen LogP contribution in [-0.2, 0) is 6.61 Å². The number of aromatic nitrogens is 2. The van der Waals surface area contributed by atoms with Crippen molar-refractivity contribution < 1.29 is 4.74 Å². The molecule has 0 aliphatic carbocycles. The Labute approximate surface area is 117 Å². The van der Waals surface area contributed by atoms with Crippen molar-refractivity contribution >= 4 is 5.95 Å². The summed E-state index contributed by atoms with van der Waals surface area (Å²) in [5, 5.41) is 0. The van der Waals surface area contributed by atoms with Crippen molar-refractivity contribution in [3.63, 3.8) is 0 Å². The maximum atomic E-state index is 5.90. The molecule has 4 heteroatoms. The molecule has 0 aliphatic rings. The average molecular weight is 265 g/mol. The number of nitrogens with zero attached hydrogens (tertiary/aromatic N) is 1. The van der Waals surface area contributed by atoms with Gasteiger partial charge in [0.05, 0.1) is 11.9 Å². The molecule has 100 valence electrons. The van der Waals surface area contributed by atoms with Gasteiger partial charge in [0.2, 0.25) is 0 Å². The Bertz CT molecular complexity index is 692. The van der Waals surface area contributed by atoms with Crippen LogP contribution in [0.2, 0.25) is 0 Å². The number of hydrogen-bond acceptors (Lipinski definition) is 3. The van der Waals surface area contributed by atoms with E-state index < -0.39 is 0 Å². The molecule has 3 aromatic rings. The van der Waals surface area contributed by atoms with Gasteiger partial charge in [0.15, 0.2) is 5.95 Å². The number of H-pyrrole nitrogens is 1. The molecule has 2 aromatic carbocycles. The number of imidazole rings is 1. The Morgan fingerprint density at radius 3 is 2.50 bits per heavy atom. The minimum atomic E-state index is 0.401. The third kappa shape index (κ3) is 2.64. The van der Waals surface area contributed by atoms with Gasteiger partial charge in [0.25, 0.3) is 0 Å². The molecule has 3 N–H and O–H groups in total. The van der Waals surface area contributed by atoms with E-state index in [1.54, 1.807) is 6.20 Å². The van der Waals surface area contributed by atoms with Gasteiger partial charge < -0.3 is 15.5 Å². The van der Waals surface area contributed by atoms with Crippen molar-refractivity contribution in [2.24, 2.45) is 0 Å². The van der Waals surface area contributed by atoms with Crippen molar-refractivity contribution in [3.8, 4) is 17.0 Å². The molecule has 0 saturated heterocycles. The van der Waals surface area contributed by atoms with Crippen LogP contribution in [0.5, 0.6) is 5.75 Å². The lowest BCUT2D eigenvalue weighted by atomic mass is 10.1. The Kier molecular flexibility index (Phi) is 3.37. The van der Waals surface area contributed by atoms with Gasteiger partial charge in [0, 0.05) is 5.56 Å². The van der Waals surface area contributed by atoms with Gasteiger partial charge in [-0.1, -0.05) is 42.5 Å². The van der Waals surface area contributed by atoms with Crippen LogP contribution in [0.25, 0.3) is 11.3 Å². The van der Waals surface area contributed by atoms with E-state index in [9.17, 15) is 0 Å². The molecule has 0 unspecified atom stereocenters. The summed E-state index contributed by atoms with van der Waals surface area (Å²) in [7, 11) is 0. The van der Waals surface area contributed by atoms with Crippen molar-refractivity contribution in [3.05, 3.63) is 66.4 Å². The zero-order valence-corrected chi connectivity index (χ0v) is 10.9. The number of ether oxygens (including phenoxy) is 1. The molecular formula is C16H15N3O. The predicted molar refractivity (Wildman–Crippen MR) is 79.2 cm³/mol. The second-order valence-electron chi connectivity index (χ2n) is 4.45. The Morgan fingerprint density at radius 2 is 1.75 bits per heavy atom. The van der Waals surface area contributed by atoms with E-state index in [4.69, 9.17) is 10.5 Å². The van der Waals surface area contributed by atoms with Crippen molar-refractivity contribution in [2.75, 3.05) is 5.73 Å². The molecule has 0 radical (unpaired) electrons. The highest BCUT2D eigenvalue weighted by Crippen LogP contribution is 2.29. The van der Waals surface area contributed by atoms with E-state index in [-0.39, 0.29) is 0 Å². The lowest BCUT2D eigenvalue weighted by Gasteiger charge is -2.10. The smallest absolute Gasteiger partial charge is 0.197 e. The molecule has 3 rings (SSSR count). The van der Waals surface area contributed by atoms with Gasteiger partial charge in [0.1, 0.15) is 12.4 Å². The van der Waals surface area contributed by atoms with Crippen LogP contribution in [0.1, 0.15) is 5.56 Å². The molecule has 0 amide bonds. The molecule has 0 bridgehead atoms. The standard InChI is InChI=1S/C16H15N3O/c17-16-18-10-14(19-16)13-8-4-5-9-15(13)20-11-12-6-2-1-3-7-12/h1-10H,11H2,(H3,17,18,19). The third-order valence-corrected chi connectivity index (χ3v) is 3.01. The van der Waals surface area contributed by atoms with Crippen LogP contribution in [0.4, 0.5) is 5.95 Å². The fourth-order valence-electron chi connectivity index (χ4n) is 2.02. The summed E-state index contributed by atoms with van der Waals surface area (Å²) in [6.07, 6.45) is 1.71. The summed E-state index contributed by atoms with van der Waals surface area (Å²) >= 11 is 0. The predicted octanol–water partition coefficient (Wildman–Crippen LogP) is 3.24. The zero-order valence-electron chi connectivity index (χ0n) is 10.9. The molecule has 0 spiro atoms. The molecule has 1 aromatic heterocycles. The monoisotopic (exact) mass is 265 g/mol. The summed E-state index contributed by atoms with van der Waals surface area (Å²) in [6, 6.07) is 17.9. The summed E-state index contributed by atoms with van der Waals surface area (Å²) in [5.41, 5.74) is 8.56. The first kappa shape index (κ1) is 12.3. The van der Waals surface area contributed by atoms with Gasteiger partial charge in [-0.2, -0.15) is 0 Å². The molecule has 0 aliphatic heterocycles. The number of nitrogens with one attached hydrogen (secondary N) is 1. The van der Waals surface area contributed by atoms with Gasteiger partial charge >= 0.3 is 0 Å². The Hall–Kier alpha value is -2.75. The minimum absolute atomic E-state index is 0.401. The summed E-state index contributed by atoms with van der Waals surface area (Å²) in [5.74, 6) is 1.21. The Balaban J connectivity index is 1.83. The van der Waals surface area contributed by atoms with Gasteiger partial charge in [-0.3, -0.25) is 0 Å². The van der Waals surface area contributed by atoms with E-state index >= 15 is 0 Å². The summed E-state index contributed by atoms with van der Waals surface area (Å²) in [6.45, 7) is 0.529. The fraction of sp³-hybridized carbons (Fsp3) is 0.0625. The normalized spacial score (nSPS) is 10.4.